The normalized spacial score (nSPS) is 10.8. The lowest BCUT2D eigenvalue weighted by atomic mass is 10.1. The number of rotatable bonds is 2. The van der Waals surface area contributed by atoms with Gasteiger partial charge in [-0.25, -0.2) is 4.98 Å². The first-order valence-electron chi connectivity index (χ1n) is 5.82. The molecule has 2 heterocycles. The topological polar surface area (TPSA) is 55.0 Å². The van der Waals surface area contributed by atoms with Gasteiger partial charge < -0.3 is 4.74 Å². The highest BCUT2D eigenvalue weighted by molar-refractivity contribution is 7.16. The van der Waals surface area contributed by atoms with E-state index in [2.05, 4.69) is 9.97 Å². The average molecular weight is 272 g/mol. The summed E-state index contributed by atoms with van der Waals surface area (Å²) in [7, 11) is 1.64. The van der Waals surface area contributed by atoms with Crippen LogP contribution in [0.1, 0.15) is 5.69 Å². The van der Waals surface area contributed by atoms with Gasteiger partial charge in [0.1, 0.15) is 5.75 Å². The summed E-state index contributed by atoms with van der Waals surface area (Å²) in [5, 5.41) is 0. The Morgan fingerprint density at radius 2 is 2.00 bits per heavy atom. The van der Waals surface area contributed by atoms with Crippen molar-refractivity contribution in [1.29, 1.82) is 0 Å². The summed E-state index contributed by atoms with van der Waals surface area (Å²) >= 11 is 1.19. The minimum atomic E-state index is -0.0807. The lowest BCUT2D eigenvalue weighted by molar-refractivity contribution is 0.415. The number of thiazole rings is 1. The number of aromatic amines is 1. The zero-order valence-electron chi connectivity index (χ0n) is 10.6. The molecule has 1 aromatic carbocycles. The zero-order chi connectivity index (χ0) is 13.4. The van der Waals surface area contributed by atoms with Crippen LogP contribution in [0.3, 0.4) is 0 Å². The molecule has 0 saturated carbocycles. The fraction of sp³-hybridized carbons (Fsp3) is 0.143. The molecule has 0 aliphatic carbocycles. The van der Waals surface area contributed by atoms with Crippen LogP contribution < -0.4 is 9.61 Å². The number of methoxy groups -OCH3 is 1. The van der Waals surface area contributed by atoms with Gasteiger partial charge in [0.05, 0.1) is 11.8 Å². The third-order valence-corrected chi connectivity index (χ3v) is 3.82. The van der Waals surface area contributed by atoms with Gasteiger partial charge in [-0.05, 0) is 30.7 Å². The van der Waals surface area contributed by atoms with E-state index in [1.807, 2.05) is 37.3 Å². The first-order valence-corrected chi connectivity index (χ1v) is 6.64. The predicted octanol–water partition coefficient (Wildman–Crippen LogP) is 2.97. The van der Waals surface area contributed by atoms with Crippen molar-refractivity contribution >= 4 is 21.7 Å². The number of aryl methyl sites for hydroxylation is 1. The third-order valence-electron chi connectivity index (χ3n) is 2.92. The van der Waals surface area contributed by atoms with E-state index in [1.54, 1.807) is 7.11 Å². The molecule has 0 aliphatic rings. The fourth-order valence-corrected chi connectivity index (χ4v) is 2.86. The second kappa shape index (κ2) is 4.51. The number of fused-ring (bicyclic) bond motifs is 1. The number of pyridine rings is 1. The van der Waals surface area contributed by atoms with Gasteiger partial charge in [0.25, 0.3) is 0 Å². The number of nitrogens with zero attached hydrogens (tertiary/aromatic N) is 1. The van der Waals surface area contributed by atoms with Crippen LogP contribution in [-0.2, 0) is 0 Å². The molecule has 4 nitrogen and oxygen atoms in total. The van der Waals surface area contributed by atoms with Crippen molar-refractivity contribution in [3.63, 3.8) is 0 Å². The summed E-state index contributed by atoms with van der Waals surface area (Å²) in [4.78, 5) is 18.5. The molecule has 0 bridgehead atoms. The molecule has 19 heavy (non-hydrogen) atoms. The van der Waals surface area contributed by atoms with Crippen LogP contribution in [0.15, 0.2) is 35.1 Å². The van der Waals surface area contributed by atoms with Gasteiger partial charge in [-0.2, -0.15) is 0 Å². The Labute approximate surface area is 113 Å². The maximum absolute atomic E-state index is 11.5. The molecule has 0 saturated heterocycles. The number of nitrogens with one attached hydrogen (secondary N) is 1. The molecule has 2 aromatic heterocycles. The maximum Gasteiger partial charge on any atom is 0.306 e. The van der Waals surface area contributed by atoms with Gasteiger partial charge in [-0.1, -0.05) is 23.5 Å². The zero-order valence-corrected chi connectivity index (χ0v) is 11.4. The minimum absolute atomic E-state index is 0.0807. The molecule has 0 atom stereocenters. The van der Waals surface area contributed by atoms with Crippen LogP contribution in [0.4, 0.5) is 0 Å². The number of hydrogen-bond donors (Lipinski definition) is 1. The highest BCUT2D eigenvalue weighted by Gasteiger charge is 2.10. The molecule has 0 spiro atoms. The van der Waals surface area contributed by atoms with E-state index in [0.29, 0.717) is 5.65 Å². The molecule has 5 heteroatoms. The molecule has 3 rings (SSSR count). The Hall–Kier alpha value is -2.14. The molecular formula is C14H12N2O2S. The summed E-state index contributed by atoms with van der Waals surface area (Å²) in [5.41, 5.74) is 3.60. The number of ether oxygens (including phenoxy) is 1. The summed E-state index contributed by atoms with van der Waals surface area (Å²) < 4.78 is 6.04. The summed E-state index contributed by atoms with van der Waals surface area (Å²) in [6.45, 7) is 1.92. The first-order chi connectivity index (χ1) is 9.17. The van der Waals surface area contributed by atoms with Gasteiger partial charge in [0, 0.05) is 11.3 Å². The summed E-state index contributed by atoms with van der Waals surface area (Å²) in [6.07, 6.45) is 0. The quantitative estimate of drug-likeness (QED) is 0.780. The Morgan fingerprint density at radius 3 is 2.68 bits per heavy atom. The standard InChI is InChI=1S/C14H12N2O2S/c1-8-7-11(9-3-5-10(18-2)6-4-9)12-13(15-8)16-14(17)19-12/h3-7H,1-2H3,(H,15,16,17). The molecule has 3 aromatic rings. The van der Waals surface area contributed by atoms with Crippen molar-refractivity contribution in [2.75, 3.05) is 7.11 Å². The Morgan fingerprint density at radius 1 is 1.26 bits per heavy atom. The van der Waals surface area contributed by atoms with E-state index in [4.69, 9.17) is 4.74 Å². The predicted molar refractivity (Wildman–Crippen MR) is 77.0 cm³/mol. The second-order valence-corrected chi connectivity index (χ2v) is 5.22. The largest absolute Gasteiger partial charge is 0.497 e. The van der Waals surface area contributed by atoms with Gasteiger partial charge in [-0.15, -0.1) is 0 Å². The fourth-order valence-electron chi connectivity index (χ4n) is 2.05. The molecule has 0 radical (unpaired) electrons. The van der Waals surface area contributed by atoms with Crippen molar-refractivity contribution < 1.29 is 4.74 Å². The van der Waals surface area contributed by atoms with Crippen LogP contribution in [0.5, 0.6) is 5.75 Å². The van der Waals surface area contributed by atoms with Crippen LogP contribution >= 0.6 is 11.3 Å². The summed E-state index contributed by atoms with van der Waals surface area (Å²) in [5.74, 6) is 0.813. The van der Waals surface area contributed by atoms with Crippen molar-refractivity contribution in [3.8, 4) is 16.9 Å². The van der Waals surface area contributed by atoms with Crippen molar-refractivity contribution in [1.82, 2.24) is 9.97 Å². The first kappa shape index (κ1) is 11.9. The van der Waals surface area contributed by atoms with E-state index in [0.717, 1.165) is 27.3 Å². The van der Waals surface area contributed by atoms with E-state index in [-0.39, 0.29) is 4.87 Å². The number of aromatic nitrogens is 2. The molecule has 0 fully saturated rings. The third kappa shape index (κ3) is 2.13. The van der Waals surface area contributed by atoms with E-state index in [1.165, 1.54) is 11.3 Å². The molecule has 0 amide bonds. The average Bonchev–Trinajstić information content (AvgIpc) is 2.78. The maximum atomic E-state index is 11.5. The highest BCUT2D eigenvalue weighted by Crippen LogP contribution is 2.30. The molecular weight excluding hydrogens is 260 g/mol. The Balaban J connectivity index is 2.25. The van der Waals surface area contributed by atoms with E-state index < -0.39 is 0 Å². The Bertz CT molecular complexity index is 787. The van der Waals surface area contributed by atoms with E-state index in [9.17, 15) is 4.79 Å². The van der Waals surface area contributed by atoms with Crippen molar-refractivity contribution in [3.05, 3.63) is 45.7 Å². The van der Waals surface area contributed by atoms with Gasteiger partial charge in [0.15, 0.2) is 5.65 Å². The lowest BCUT2D eigenvalue weighted by Crippen LogP contribution is -1.91. The minimum Gasteiger partial charge on any atom is -0.497 e. The van der Waals surface area contributed by atoms with Crippen molar-refractivity contribution in [2.45, 2.75) is 6.92 Å². The number of H-pyrrole nitrogens is 1. The van der Waals surface area contributed by atoms with Gasteiger partial charge in [-0.3, -0.25) is 9.78 Å². The van der Waals surface area contributed by atoms with Crippen LogP contribution in [0.2, 0.25) is 0 Å². The van der Waals surface area contributed by atoms with Crippen LogP contribution in [0.25, 0.3) is 21.5 Å². The smallest absolute Gasteiger partial charge is 0.306 e. The van der Waals surface area contributed by atoms with Crippen LogP contribution in [0, 0.1) is 6.92 Å². The second-order valence-electron chi connectivity index (χ2n) is 4.23. The molecule has 0 unspecified atom stereocenters. The lowest BCUT2D eigenvalue weighted by Gasteiger charge is -2.05. The van der Waals surface area contributed by atoms with Gasteiger partial charge in [0.2, 0.25) is 0 Å². The molecule has 0 aliphatic heterocycles. The SMILES string of the molecule is COc1ccc(-c2cc(C)nc3[nH]c(=O)sc23)cc1. The van der Waals surface area contributed by atoms with Gasteiger partial charge >= 0.3 is 4.87 Å². The van der Waals surface area contributed by atoms with E-state index >= 15 is 0 Å². The van der Waals surface area contributed by atoms with Crippen molar-refractivity contribution in [2.24, 2.45) is 0 Å². The molecule has 96 valence electrons. The highest BCUT2D eigenvalue weighted by atomic mass is 32.1. The number of hydrogen-bond acceptors (Lipinski definition) is 4. The molecule has 1 N–H and O–H groups in total. The van der Waals surface area contributed by atoms with Crippen LogP contribution in [-0.4, -0.2) is 17.1 Å². The summed E-state index contributed by atoms with van der Waals surface area (Å²) in [6, 6.07) is 9.78. The number of benzene rings is 1. The Kier molecular flexibility index (Phi) is 2.83. The monoisotopic (exact) mass is 272 g/mol.